The minimum absolute atomic E-state index is 0.0572. The number of aliphatic hydroxyl groups excluding tert-OH is 1. The first-order chi connectivity index (χ1) is 14.4. The number of carbonyl (C=O) groups is 2. The van der Waals surface area contributed by atoms with E-state index >= 15 is 0 Å². The van der Waals surface area contributed by atoms with Crippen molar-refractivity contribution in [2.45, 2.75) is 41.5 Å². The summed E-state index contributed by atoms with van der Waals surface area (Å²) in [5, 5.41) is 11.1. The average molecular weight is 417 g/mol. The highest BCUT2D eigenvalue weighted by molar-refractivity contribution is 6.31. The maximum absolute atomic E-state index is 13.8. The smallest absolute Gasteiger partial charge is 0.162 e. The number of Topliss-reactive ketones (excluding diaryl/α,β-unsaturated/α-hetero) is 2. The average Bonchev–Trinajstić information content (AvgIpc) is 2.67. The Hall–Kier alpha value is -2.94. The van der Waals surface area contributed by atoms with Gasteiger partial charge in [-0.3, -0.25) is 9.59 Å². The van der Waals surface area contributed by atoms with Gasteiger partial charge < -0.3 is 5.11 Å². The molecule has 31 heavy (non-hydrogen) atoms. The van der Waals surface area contributed by atoms with Crippen LogP contribution in [0, 0.1) is 22.2 Å². The number of allylic oxidation sites excluding steroid dienone is 1. The van der Waals surface area contributed by atoms with Gasteiger partial charge in [-0.1, -0.05) is 102 Å². The van der Waals surface area contributed by atoms with E-state index in [0.717, 1.165) is 11.1 Å². The Kier molecular flexibility index (Phi) is 5.84. The van der Waals surface area contributed by atoms with Gasteiger partial charge in [0.15, 0.2) is 11.6 Å². The van der Waals surface area contributed by atoms with Gasteiger partial charge in [-0.25, -0.2) is 0 Å². The lowest BCUT2D eigenvalue weighted by molar-refractivity contribution is -0.180. The monoisotopic (exact) mass is 416 g/mol. The molecular weight excluding hydrogens is 384 g/mol. The lowest BCUT2D eigenvalue weighted by Crippen LogP contribution is -2.70. The summed E-state index contributed by atoms with van der Waals surface area (Å²) < 4.78 is 0. The molecule has 3 nitrogen and oxygen atoms in total. The molecule has 0 spiro atoms. The molecule has 1 fully saturated rings. The molecule has 0 amide bonds. The Bertz CT molecular complexity index is 997. The van der Waals surface area contributed by atoms with E-state index in [9.17, 15) is 14.7 Å². The van der Waals surface area contributed by atoms with Gasteiger partial charge in [0.05, 0.1) is 5.41 Å². The fourth-order valence-electron chi connectivity index (χ4n) is 5.31. The molecule has 2 aromatic rings. The largest absolute Gasteiger partial charge is 0.508 e. The zero-order valence-corrected chi connectivity index (χ0v) is 19.3. The van der Waals surface area contributed by atoms with Crippen LogP contribution in [0.15, 0.2) is 72.0 Å². The van der Waals surface area contributed by atoms with Crippen molar-refractivity contribution in [1.82, 2.24) is 0 Å². The van der Waals surface area contributed by atoms with E-state index in [1.807, 2.05) is 102 Å². The third-order valence-corrected chi connectivity index (χ3v) is 6.35. The summed E-state index contributed by atoms with van der Waals surface area (Å²) in [5.74, 6) is -1.27. The summed E-state index contributed by atoms with van der Waals surface area (Å²) in [7, 11) is 0. The number of hydrogen-bond acceptors (Lipinski definition) is 3. The molecule has 3 heteroatoms. The summed E-state index contributed by atoms with van der Waals surface area (Å²) in [5.41, 5.74) is -0.188. The van der Waals surface area contributed by atoms with Crippen molar-refractivity contribution in [2.75, 3.05) is 0 Å². The van der Waals surface area contributed by atoms with Crippen molar-refractivity contribution in [1.29, 1.82) is 0 Å². The van der Waals surface area contributed by atoms with Crippen molar-refractivity contribution in [2.24, 2.45) is 22.2 Å². The van der Waals surface area contributed by atoms with E-state index < -0.39 is 22.2 Å². The van der Waals surface area contributed by atoms with Crippen LogP contribution in [0.4, 0.5) is 0 Å². The predicted molar refractivity (Wildman–Crippen MR) is 126 cm³/mol. The zero-order valence-electron chi connectivity index (χ0n) is 19.3. The van der Waals surface area contributed by atoms with E-state index in [1.54, 1.807) is 12.2 Å². The first-order valence-electron chi connectivity index (χ1n) is 10.7. The third-order valence-electron chi connectivity index (χ3n) is 6.35. The van der Waals surface area contributed by atoms with Crippen LogP contribution in [0.5, 0.6) is 0 Å². The molecule has 3 rings (SSSR count). The van der Waals surface area contributed by atoms with Gasteiger partial charge in [0.25, 0.3) is 0 Å². The molecule has 0 bridgehead atoms. The van der Waals surface area contributed by atoms with Gasteiger partial charge in [-0.05, 0) is 34.1 Å². The molecule has 1 N–H and O–H groups in total. The Balaban J connectivity index is 2.14. The maximum atomic E-state index is 13.8. The number of benzene rings is 2. The number of rotatable bonds is 4. The van der Waals surface area contributed by atoms with Gasteiger partial charge in [0.1, 0.15) is 11.7 Å². The summed E-state index contributed by atoms with van der Waals surface area (Å²) in [6.45, 7) is 11.7. The highest BCUT2D eigenvalue weighted by Gasteiger charge is 2.72. The standard InChI is InChI=1S/C28H32O3/c1-26(2,3)28(27(4,5)6)24(30)23(25(28)31)21(17-19-13-9-7-10-14-19)22(29)18-20-15-11-8-12-16-20/h7-18,23,29H,1-6H3. The number of ketones is 2. The van der Waals surface area contributed by atoms with E-state index in [1.165, 1.54) is 0 Å². The van der Waals surface area contributed by atoms with Gasteiger partial charge in [0.2, 0.25) is 0 Å². The third kappa shape index (κ3) is 3.78. The van der Waals surface area contributed by atoms with Gasteiger partial charge >= 0.3 is 0 Å². The van der Waals surface area contributed by atoms with Crippen LogP contribution in [0.25, 0.3) is 12.2 Å². The number of carbonyl (C=O) groups excluding carboxylic acids is 2. The van der Waals surface area contributed by atoms with Crippen LogP contribution >= 0.6 is 0 Å². The molecule has 0 atom stereocenters. The molecular formula is C28H32O3. The Morgan fingerprint density at radius 2 is 1.13 bits per heavy atom. The van der Waals surface area contributed by atoms with E-state index in [2.05, 4.69) is 0 Å². The number of hydrogen-bond donors (Lipinski definition) is 1. The van der Waals surface area contributed by atoms with Gasteiger partial charge in [-0.15, -0.1) is 0 Å². The van der Waals surface area contributed by atoms with Crippen molar-refractivity contribution >= 4 is 23.7 Å². The highest BCUT2D eigenvalue weighted by atomic mass is 16.3. The van der Waals surface area contributed by atoms with Gasteiger partial charge in [-0.2, -0.15) is 0 Å². The Morgan fingerprint density at radius 1 is 0.742 bits per heavy atom. The van der Waals surface area contributed by atoms with Crippen LogP contribution in [-0.2, 0) is 9.59 Å². The summed E-state index contributed by atoms with van der Waals surface area (Å²) in [4.78, 5) is 27.6. The first-order valence-corrected chi connectivity index (χ1v) is 10.7. The van der Waals surface area contributed by atoms with E-state index in [-0.39, 0.29) is 17.3 Å². The molecule has 0 aromatic heterocycles. The molecule has 1 saturated carbocycles. The molecule has 0 aliphatic heterocycles. The molecule has 0 heterocycles. The Labute approximate surface area is 185 Å². The molecule has 0 radical (unpaired) electrons. The normalized spacial score (nSPS) is 18.1. The van der Waals surface area contributed by atoms with Crippen LogP contribution in [0.1, 0.15) is 52.7 Å². The van der Waals surface area contributed by atoms with E-state index in [0.29, 0.717) is 5.57 Å². The summed E-state index contributed by atoms with van der Waals surface area (Å²) in [6.07, 6.45) is 3.37. The first kappa shape index (κ1) is 22.7. The zero-order chi connectivity index (χ0) is 23.0. The summed E-state index contributed by atoms with van der Waals surface area (Å²) >= 11 is 0. The molecule has 1 aliphatic rings. The second kappa shape index (κ2) is 7.96. The minimum atomic E-state index is -1.10. The molecule has 0 unspecified atom stereocenters. The second-order valence-corrected chi connectivity index (χ2v) is 10.4. The van der Waals surface area contributed by atoms with Crippen LogP contribution in [0.2, 0.25) is 0 Å². The molecule has 162 valence electrons. The predicted octanol–water partition coefficient (Wildman–Crippen LogP) is 6.52. The molecule has 2 aromatic carbocycles. The van der Waals surface area contributed by atoms with Crippen LogP contribution in [-0.4, -0.2) is 16.7 Å². The van der Waals surface area contributed by atoms with E-state index in [4.69, 9.17) is 0 Å². The lowest BCUT2D eigenvalue weighted by Gasteiger charge is -2.59. The maximum Gasteiger partial charge on any atom is 0.162 e. The molecule has 1 aliphatic carbocycles. The minimum Gasteiger partial charge on any atom is -0.508 e. The topological polar surface area (TPSA) is 54.4 Å². The fraction of sp³-hybridized carbons (Fsp3) is 0.357. The quantitative estimate of drug-likeness (QED) is 0.351. The summed E-state index contributed by atoms with van der Waals surface area (Å²) in [6, 6.07) is 18.9. The SMILES string of the molecule is CC(C)(C)C1(C(C)(C)C)C(=O)C(C(=Cc2ccccc2)C(O)=Cc2ccccc2)C1=O. The second-order valence-electron chi connectivity index (χ2n) is 10.4. The highest BCUT2D eigenvalue weighted by Crippen LogP contribution is 2.62. The van der Waals surface area contributed by atoms with Crippen LogP contribution < -0.4 is 0 Å². The van der Waals surface area contributed by atoms with Gasteiger partial charge in [0, 0.05) is 5.57 Å². The van der Waals surface area contributed by atoms with Crippen molar-refractivity contribution in [3.05, 3.63) is 83.1 Å². The lowest BCUT2D eigenvalue weighted by atomic mass is 9.40. The van der Waals surface area contributed by atoms with Crippen molar-refractivity contribution in [3.63, 3.8) is 0 Å². The van der Waals surface area contributed by atoms with Crippen LogP contribution in [0.3, 0.4) is 0 Å². The number of aliphatic hydroxyl groups is 1. The van der Waals surface area contributed by atoms with Crippen molar-refractivity contribution < 1.29 is 14.7 Å². The molecule has 0 saturated heterocycles. The van der Waals surface area contributed by atoms with Crippen molar-refractivity contribution in [3.8, 4) is 0 Å². The Morgan fingerprint density at radius 3 is 1.52 bits per heavy atom. The fourth-order valence-corrected chi connectivity index (χ4v) is 5.31.